The molecule has 6 nitrogen and oxygen atoms in total. The third kappa shape index (κ3) is 5.78. The van der Waals surface area contributed by atoms with Crippen LogP contribution in [0.3, 0.4) is 0 Å². The molecule has 180 valence electrons. The van der Waals surface area contributed by atoms with Gasteiger partial charge in [0.2, 0.25) is 0 Å². The quantitative estimate of drug-likeness (QED) is 0.403. The molecule has 0 saturated carbocycles. The predicted molar refractivity (Wildman–Crippen MR) is 135 cm³/mol. The summed E-state index contributed by atoms with van der Waals surface area (Å²) in [6.07, 6.45) is 4.53. The molecule has 3 heterocycles. The van der Waals surface area contributed by atoms with Crippen molar-refractivity contribution in [2.45, 2.75) is 33.4 Å². The van der Waals surface area contributed by atoms with Gasteiger partial charge in [-0.15, -0.1) is 0 Å². The van der Waals surface area contributed by atoms with Crippen LogP contribution >= 0.6 is 0 Å². The number of aryl methyl sites for hydroxylation is 2. The number of rotatable bonds is 3. The Morgan fingerprint density at radius 3 is 2.69 bits per heavy atom. The molecule has 35 heavy (non-hydrogen) atoms. The zero-order valence-corrected chi connectivity index (χ0v) is 20.4. The Kier molecular flexibility index (Phi) is 7.21. The maximum absolute atomic E-state index is 6.17. The molecule has 2 aromatic carbocycles. The van der Waals surface area contributed by atoms with E-state index in [9.17, 15) is 0 Å². The van der Waals surface area contributed by atoms with Crippen molar-refractivity contribution >= 4 is 0 Å². The third-order valence-corrected chi connectivity index (χ3v) is 6.34. The monoisotopic (exact) mass is 469 g/mol. The Hall–Kier alpha value is -3.48. The van der Waals surface area contributed by atoms with Gasteiger partial charge in [-0.05, 0) is 59.9 Å². The van der Waals surface area contributed by atoms with Crippen molar-refractivity contribution in [2.75, 3.05) is 26.4 Å². The standard InChI is InChI=1S/C29H31N3O3/c1-21-29(22(2)35-31-21)26-8-9-28-27(17-26)16-23-5-3-6-24(15-23)19-32(11-12-33-13-14-34-28)20-25-7-4-10-30-18-25/h3-10,15,17-18H,11-14,16,19-20H2,1-2H3. The van der Waals surface area contributed by atoms with Crippen LogP contribution in [-0.2, 0) is 24.2 Å². The van der Waals surface area contributed by atoms with E-state index in [1.807, 2.05) is 32.3 Å². The molecule has 1 aliphatic rings. The lowest BCUT2D eigenvalue weighted by atomic mass is 9.96. The largest absolute Gasteiger partial charge is 0.491 e. The summed E-state index contributed by atoms with van der Waals surface area (Å²) < 4.78 is 17.5. The Balaban J connectivity index is 1.44. The molecule has 0 radical (unpaired) electrons. The van der Waals surface area contributed by atoms with Gasteiger partial charge in [-0.2, -0.15) is 0 Å². The van der Waals surface area contributed by atoms with Crippen LogP contribution in [0.25, 0.3) is 11.1 Å². The fourth-order valence-corrected chi connectivity index (χ4v) is 4.70. The Bertz CT molecular complexity index is 1250. The number of nitrogens with zero attached hydrogens (tertiary/aromatic N) is 3. The molecule has 0 aliphatic carbocycles. The molecule has 4 aromatic rings. The highest BCUT2D eigenvalue weighted by atomic mass is 16.5. The average Bonchev–Trinajstić information content (AvgIpc) is 3.20. The highest BCUT2D eigenvalue weighted by Crippen LogP contribution is 2.32. The summed E-state index contributed by atoms with van der Waals surface area (Å²) in [4.78, 5) is 6.68. The number of aromatic nitrogens is 2. The van der Waals surface area contributed by atoms with Crippen molar-refractivity contribution in [3.05, 3.63) is 101 Å². The van der Waals surface area contributed by atoms with Gasteiger partial charge in [0.25, 0.3) is 0 Å². The molecular formula is C29H31N3O3. The van der Waals surface area contributed by atoms with Gasteiger partial charge in [0.15, 0.2) is 0 Å². The van der Waals surface area contributed by atoms with Crippen LogP contribution in [-0.4, -0.2) is 41.4 Å². The highest BCUT2D eigenvalue weighted by molar-refractivity contribution is 5.69. The van der Waals surface area contributed by atoms with Gasteiger partial charge in [0, 0.05) is 44.0 Å². The summed E-state index contributed by atoms with van der Waals surface area (Å²) in [5.74, 6) is 1.72. The molecule has 2 bridgehead atoms. The van der Waals surface area contributed by atoms with Crippen molar-refractivity contribution in [3.63, 3.8) is 0 Å². The lowest BCUT2D eigenvalue weighted by molar-refractivity contribution is 0.0757. The minimum Gasteiger partial charge on any atom is -0.491 e. The normalized spacial score (nSPS) is 15.1. The molecule has 0 N–H and O–H groups in total. The topological polar surface area (TPSA) is 60.6 Å². The summed E-state index contributed by atoms with van der Waals surface area (Å²) in [5.41, 5.74) is 7.94. The number of hydrogen-bond donors (Lipinski definition) is 0. The average molecular weight is 470 g/mol. The third-order valence-electron chi connectivity index (χ3n) is 6.34. The minimum absolute atomic E-state index is 0.514. The Morgan fingerprint density at radius 2 is 1.86 bits per heavy atom. The second kappa shape index (κ2) is 10.8. The van der Waals surface area contributed by atoms with Crippen LogP contribution in [0.15, 0.2) is 71.5 Å². The Morgan fingerprint density at radius 1 is 0.943 bits per heavy atom. The fraction of sp³-hybridized carbons (Fsp3) is 0.310. The molecule has 1 aliphatic heterocycles. The maximum atomic E-state index is 6.17. The van der Waals surface area contributed by atoms with E-state index < -0.39 is 0 Å². The lowest BCUT2D eigenvalue weighted by Crippen LogP contribution is -2.27. The molecule has 5 rings (SSSR count). The van der Waals surface area contributed by atoms with E-state index >= 15 is 0 Å². The van der Waals surface area contributed by atoms with Gasteiger partial charge in [-0.25, -0.2) is 0 Å². The first-order chi connectivity index (χ1) is 17.2. The number of pyridine rings is 1. The van der Waals surface area contributed by atoms with Crippen LogP contribution in [0.1, 0.15) is 33.7 Å². The molecule has 0 amide bonds. The zero-order valence-electron chi connectivity index (χ0n) is 20.4. The van der Waals surface area contributed by atoms with Crippen molar-refractivity contribution < 1.29 is 14.0 Å². The number of ether oxygens (including phenoxy) is 2. The second-order valence-corrected chi connectivity index (χ2v) is 9.05. The van der Waals surface area contributed by atoms with Crippen LogP contribution < -0.4 is 4.74 Å². The summed E-state index contributed by atoms with van der Waals surface area (Å²) in [6.45, 7) is 8.19. The summed E-state index contributed by atoms with van der Waals surface area (Å²) >= 11 is 0. The summed E-state index contributed by atoms with van der Waals surface area (Å²) in [7, 11) is 0. The van der Waals surface area contributed by atoms with Gasteiger partial charge in [-0.3, -0.25) is 9.88 Å². The van der Waals surface area contributed by atoms with Crippen molar-refractivity contribution in [3.8, 4) is 16.9 Å². The van der Waals surface area contributed by atoms with Crippen molar-refractivity contribution in [1.29, 1.82) is 0 Å². The number of hydrogen-bond acceptors (Lipinski definition) is 6. The summed E-state index contributed by atoms with van der Waals surface area (Å²) in [5, 5.41) is 4.13. The van der Waals surface area contributed by atoms with Crippen LogP contribution in [0.5, 0.6) is 5.75 Å². The van der Waals surface area contributed by atoms with Crippen LogP contribution in [0.4, 0.5) is 0 Å². The van der Waals surface area contributed by atoms with Crippen LogP contribution in [0, 0.1) is 13.8 Å². The van der Waals surface area contributed by atoms with E-state index in [2.05, 4.69) is 63.6 Å². The van der Waals surface area contributed by atoms with E-state index in [4.69, 9.17) is 14.0 Å². The first kappa shape index (κ1) is 23.3. The highest BCUT2D eigenvalue weighted by Gasteiger charge is 2.16. The molecule has 0 spiro atoms. The molecule has 0 fully saturated rings. The van der Waals surface area contributed by atoms with E-state index in [-0.39, 0.29) is 0 Å². The lowest BCUT2D eigenvalue weighted by Gasteiger charge is -2.23. The number of fused-ring (bicyclic) bond motifs is 3. The molecule has 0 saturated heterocycles. The van der Waals surface area contributed by atoms with Crippen LogP contribution in [0.2, 0.25) is 0 Å². The van der Waals surface area contributed by atoms with Gasteiger partial charge in [-0.1, -0.05) is 41.6 Å². The maximum Gasteiger partial charge on any atom is 0.141 e. The molecule has 0 unspecified atom stereocenters. The predicted octanol–water partition coefficient (Wildman–Crippen LogP) is 5.36. The smallest absolute Gasteiger partial charge is 0.141 e. The number of benzene rings is 2. The van der Waals surface area contributed by atoms with Gasteiger partial charge in [0.05, 0.1) is 18.9 Å². The minimum atomic E-state index is 0.514. The van der Waals surface area contributed by atoms with E-state index in [0.29, 0.717) is 19.8 Å². The molecular weight excluding hydrogens is 438 g/mol. The second-order valence-electron chi connectivity index (χ2n) is 9.05. The molecule has 0 atom stereocenters. The van der Waals surface area contributed by atoms with E-state index in [0.717, 1.165) is 59.9 Å². The van der Waals surface area contributed by atoms with E-state index in [1.165, 1.54) is 16.7 Å². The zero-order chi connectivity index (χ0) is 24.0. The Labute approximate surface area is 206 Å². The van der Waals surface area contributed by atoms with Crippen molar-refractivity contribution in [2.24, 2.45) is 0 Å². The first-order valence-electron chi connectivity index (χ1n) is 12.1. The fourth-order valence-electron chi connectivity index (χ4n) is 4.70. The molecule has 6 heteroatoms. The van der Waals surface area contributed by atoms with Gasteiger partial charge < -0.3 is 14.0 Å². The molecule has 2 aromatic heterocycles. The SMILES string of the molecule is Cc1noc(C)c1-c1ccc2c(c1)Cc1cccc(c1)CN(Cc1cccnc1)CCOCCO2. The van der Waals surface area contributed by atoms with Gasteiger partial charge >= 0.3 is 0 Å². The summed E-state index contributed by atoms with van der Waals surface area (Å²) in [6, 6.07) is 19.3. The van der Waals surface area contributed by atoms with Crippen molar-refractivity contribution in [1.82, 2.24) is 15.0 Å². The van der Waals surface area contributed by atoms with Gasteiger partial charge in [0.1, 0.15) is 18.1 Å². The van der Waals surface area contributed by atoms with E-state index in [1.54, 1.807) is 0 Å². The first-order valence-corrected chi connectivity index (χ1v) is 12.1.